The van der Waals surface area contributed by atoms with Crippen molar-refractivity contribution in [1.29, 1.82) is 0 Å². The first-order valence-corrected chi connectivity index (χ1v) is 17.1. The van der Waals surface area contributed by atoms with Crippen LogP contribution in [0.1, 0.15) is 27.0 Å². The van der Waals surface area contributed by atoms with Crippen molar-refractivity contribution in [3.05, 3.63) is 210 Å². The van der Waals surface area contributed by atoms with Crippen molar-refractivity contribution in [1.82, 2.24) is 0 Å². The SMILES string of the molecule is CN(C)c1ccc2c(c1)C(=O)OC2(c1ccc(N(c2ccccc2)c2ccccc2)cc1)c1ccc(N(c2ccccc2)c2ccccc2)cc1. The van der Waals surface area contributed by atoms with Gasteiger partial charge < -0.3 is 19.4 Å². The van der Waals surface area contributed by atoms with Crippen LogP contribution < -0.4 is 14.7 Å². The van der Waals surface area contributed by atoms with Crippen LogP contribution in [0.2, 0.25) is 0 Å². The van der Waals surface area contributed by atoms with Gasteiger partial charge in [0.1, 0.15) is 0 Å². The summed E-state index contributed by atoms with van der Waals surface area (Å²) >= 11 is 0. The Balaban J connectivity index is 1.26. The second-order valence-corrected chi connectivity index (χ2v) is 12.8. The standard InChI is InChI=1S/C46H37N3O2/c1-47(2)42-31-32-44-43(33-42)45(50)51-46(44,34-23-27-40(28-24-34)48(36-15-7-3-8-16-36)37-17-9-4-10-18-37)35-25-29-41(30-26-35)49(38-19-11-5-12-20-38)39-21-13-6-14-22-39/h3-33H,1-2H3. The molecule has 7 aromatic carbocycles. The van der Waals surface area contributed by atoms with Crippen LogP contribution in [0.4, 0.5) is 39.8 Å². The maximum atomic E-state index is 13.8. The van der Waals surface area contributed by atoms with Crippen LogP contribution in [0.3, 0.4) is 0 Å². The summed E-state index contributed by atoms with van der Waals surface area (Å²) in [6.45, 7) is 0. The first kappa shape index (κ1) is 31.7. The van der Waals surface area contributed by atoms with E-state index in [1.54, 1.807) is 0 Å². The highest BCUT2D eigenvalue weighted by atomic mass is 16.6. The number of fused-ring (bicyclic) bond motifs is 1. The third-order valence-electron chi connectivity index (χ3n) is 9.49. The van der Waals surface area contributed by atoms with E-state index in [1.165, 1.54) is 0 Å². The maximum absolute atomic E-state index is 13.8. The van der Waals surface area contributed by atoms with Crippen molar-refractivity contribution in [2.75, 3.05) is 28.8 Å². The Bertz CT molecular complexity index is 2050. The lowest BCUT2D eigenvalue weighted by molar-refractivity contribution is 0.0251. The minimum atomic E-state index is -1.15. The quantitative estimate of drug-likeness (QED) is 0.144. The molecule has 5 heteroatoms. The monoisotopic (exact) mass is 663 g/mol. The van der Waals surface area contributed by atoms with Crippen molar-refractivity contribution in [2.45, 2.75) is 5.60 Å². The summed E-state index contributed by atoms with van der Waals surface area (Å²) in [5.74, 6) is -0.341. The molecule has 1 heterocycles. The molecule has 0 unspecified atom stereocenters. The lowest BCUT2D eigenvalue weighted by Gasteiger charge is -2.32. The van der Waals surface area contributed by atoms with E-state index in [4.69, 9.17) is 4.74 Å². The Kier molecular flexibility index (Phi) is 8.30. The summed E-state index contributed by atoms with van der Waals surface area (Å²) in [6.07, 6.45) is 0. The number of anilines is 7. The number of para-hydroxylation sites is 4. The van der Waals surface area contributed by atoms with Crippen LogP contribution in [-0.2, 0) is 10.3 Å². The molecule has 0 radical (unpaired) electrons. The lowest BCUT2D eigenvalue weighted by Crippen LogP contribution is -2.29. The van der Waals surface area contributed by atoms with Gasteiger partial charge in [-0.2, -0.15) is 0 Å². The van der Waals surface area contributed by atoms with Crippen LogP contribution in [0, 0.1) is 0 Å². The number of carbonyl (C=O) groups is 1. The van der Waals surface area contributed by atoms with Gasteiger partial charge >= 0.3 is 5.97 Å². The number of cyclic esters (lactones) is 1. The van der Waals surface area contributed by atoms with Gasteiger partial charge in [-0.05, 0) is 84.9 Å². The van der Waals surface area contributed by atoms with Gasteiger partial charge in [0.25, 0.3) is 0 Å². The minimum absolute atomic E-state index is 0.341. The molecular formula is C46H37N3O2. The van der Waals surface area contributed by atoms with Gasteiger partial charge in [-0.15, -0.1) is 0 Å². The third kappa shape index (κ3) is 5.79. The van der Waals surface area contributed by atoms with Crippen LogP contribution >= 0.6 is 0 Å². The zero-order chi connectivity index (χ0) is 34.8. The van der Waals surface area contributed by atoms with Gasteiger partial charge in [0, 0.05) is 70.6 Å². The van der Waals surface area contributed by atoms with Gasteiger partial charge in [-0.3, -0.25) is 0 Å². The summed E-state index contributed by atoms with van der Waals surface area (Å²) in [5, 5.41) is 0. The summed E-state index contributed by atoms with van der Waals surface area (Å²) in [7, 11) is 3.95. The lowest BCUT2D eigenvalue weighted by atomic mass is 9.79. The zero-order valence-electron chi connectivity index (χ0n) is 28.6. The third-order valence-corrected chi connectivity index (χ3v) is 9.49. The van der Waals surface area contributed by atoms with Crippen molar-refractivity contribution in [2.24, 2.45) is 0 Å². The van der Waals surface area contributed by atoms with Gasteiger partial charge in [-0.25, -0.2) is 4.79 Å². The molecule has 7 aromatic rings. The molecule has 0 aromatic heterocycles. The summed E-state index contributed by atoms with van der Waals surface area (Å²) in [6, 6.07) is 64.1. The number of hydrogen-bond donors (Lipinski definition) is 0. The molecule has 1 aliphatic heterocycles. The predicted molar refractivity (Wildman–Crippen MR) is 208 cm³/mol. The Morgan fingerprint density at radius 3 is 1.10 bits per heavy atom. The number of nitrogens with zero attached hydrogens (tertiary/aromatic N) is 3. The highest BCUT2D eigenvalue weighted by Crippen LogP contribution is 2.49. The molecule has 51 heavy (non-hydrogen) atoms. The molecule has 8 rings (SSSR count). The molecule has 0 aliphatic carbocycles. The Labute approximate surface area is 299 Å². The van der Waals surface area contributed by atoms with E-state index < -0.39 is 5.60 Å². The van der Waals surface area contributed by atoms with Crippen molar-refractivity contribution in [3.8, 4) is 0 Å². The molecule has 0 spiro atoms. The van der Waals surface area contributed by atoms with E-state index in [2.05, 4.69) is 113 Å². The fraction of sp³-hybridized carbons (Fsp3) is 0.0652. The molecular weight excluding hydrogens is 627 g/mol. The molecule has 0 saturated carbocycles. The van der Waals surface area contributed by atoms with Crippen molar-refractivity contribution < 1.29 is 9.53 Å². The second kappa shape index (κ2) is 13.4. The highest BCUT2D eigenvalue weighted by molar-refractivity contribution is 5.97. The first-order chi connectivity index (χ1) is 25.0. The molecule has 0 atom stereocenters. The van der Waals surface area contributed by atoms with Crippen molar-refractivity contribution in [3.63, 3.8) is 0 Å². The number of carbonyl (C=O) groups excluding carboxylic acids is 1. The molecule has 0 fully saturated rings. The molecule has 5 nitrogen and oxygen atoms in total. The molecule has 0 saturated heterocycles. The predicted octanol–water partition coefficient (Wildman–Crippen LogP) is 11.2. The average molecular weight is 664 g/mol. The van der Waals surface area contributed by atoms with Gasteiger partial charge in [-0.1, -0.05) is 103 Å². The Hall–Kier alpha value is -6.59. The highest BCUT2D eigenvalue weighted by Gasteiger charge is 2.48. The van der Waals surface area contributed by atoms with Crippen LogP contribution in [0.5, 0.6) is 0 Å². The summed E-state index contributed by atoms with van der Waals surface area (Å²) in [4.78, 5) is 20.3. The van der Waals surface area contributed by atoms with Crippen LogP contribution in [0.15, 0.2) is 188 Å². The van der Waals surface area contributed by atoms with Crippen LogP contribution in [0.25, 0.3) is 0 Å². The zero-order valence-corrected chi connectivity index (χ0v) is 28.6. The van der Waals surface area contributed by atoms with E-state index in [9.17, 15) is 4.79 Å². The summed E-state index contributed by atoms with van der Waals surface area (Å²) < 4.78 is 6.58. The summed E-state index contributed by atoms with van der Waals surface area (Å²) in [5.41, 5.74) is 9.12. The molecule has 0 bridgehead atoms. The number of ether oxygens (including phenoxy) is 1. The normalized spacial score (nSPS) is 12.9. The minimum Gasteiger partial charge on any atom is -0.441 e. The number of benzene rings is 7. The average Bonchev–Trinajstić information content (AvgIpc) is 3.49. The smallest absolute Gasteiger partial charge is 0.340 e. The largest absolute Gasteiger partial charge is 0.441 e. The molecule has 0 N–H and O–H groups in total. The van der Waals surface area contributed by atoms with E-state index >= 15 is 0 Å². The Morgan fingerprint density at radius 2 is 0.745 bits per heavy atom. The second-order valence-electron chi connectivity index (χ2n) is 12.8. The van der Waals surface area contributed by atoms with E-state index in [1.807, 2.05) is 104 Å². The van der Waals surface area contributed by atoms with Gasteiger partial charge in [0.15, 0.2) is 5.60 Å². The van der Waals surface area contributed by atoms with Crippen LogP contribution in [-0.4, -0.2) is 20.1 Å². The number of esters is 1. The fourth-order valence-corrected chi connectivity index (χ4v) is 7.02. The number of rotatable bonds is 9. The van der Waals surface area contributed by atoms with Crippen molar-refractivity contribution >= 4 is 45.8 Å². The Morgan fingerprint density at radius 1 is 0.412 bits per heavy atom. The molecule has 248 valence electrons. The fourth-order valence-electron chi connectivity index (χ4n) is 7.02. The van der Waals surface area contributed by atoms with E-state index in [0.717, 1.165) is 56.5 Å². The number of hydrogen-bond acceptors (Lipinski definition) is 5. The maximum Gasteiger partial charge on any atom is 0.340 e. The van der Waals surface area contributed by atoms with E-state index in [0.29, 0.717) is 5.56 Å². The molecule has 0 amide bonds. The van der Waals surface area contributed by atoms with Gasteiger partial charge in [0.05, 0.1) is 5.56 Å². The topological polar surface area (TPSA) is 36.0 Å². The first-order valence-electron chi connectivity index (χ1n) is 17.1. The van der Waals surface area contributed by atoms with Gasteiger partial charge in [0.2, 0.25) is 0 Å². The van der Waals surface area contributed by atoms with E-state index in [-0.39, 0.29) is 5.97 Å². The molecule has 1 aliphatic rings.